The van der Waals surface area contributed by atoms with Gasteiger partial charge < -0.3 is 4.74 Å². The van der Waals surface area contributed by atoms with Crippen molar-refractivity contribution in [3.8, 4) is 5.75 Å². The number of benzene rings is 2. The van der Waals surface area contributed by atoms with Crippen LogP contribution in [-0.4, -0.2) is 133 Å². The van der Waals surface area contributed by atoms with E-state index in [4.69, 9.17) is 63.5 Å². The molecule has 0 aliphatic rings. The Kier molecular flexibility index (Phi) is 98.7. The van der Waals surface area contributed by atoms with Crippen molar-refractivity contribution in [2.45, 2.75) is 0 Å². The molecule has 6 radical (unpaired) electrons. The van der Waals surface area contributed by atoms with Crippen LogP contribution in [0.15, 0.2) is 54.6 Å². The van der Waals surface area contributed by atoms with E-state index in [-0.39, 0.29) is 49.4 Å². The normalized spacial score (nSPS) is 6.78. The molecule has 0 atom stereocenters. The van der Waals surface area contributed by atoms with Crippen molar-refractivity contribution in [3.63, 3.8) is 0 Å². The Labute approximate surface area is 309 Å². The van der Waals surface area contributed by atoms with Gasteiger partial charge in [0.2, 0.25) is 0 Å². The Morgan fingerprint density at radius 1 is 0.422 bits per heavy atom. The van der Waals surface area contributed by atoms with Gasteiger partial charge in [-0.3, -0.25) is 28.2 Å². The molecule has 0 aliphatic carbocycles. The molecule has 0 unspecified atom stereocenters. The van der Waals surface area contributed by atoms with Crippen molar-refractivity contribution in [1.82, 2.24) is 0 Å². The minimum absolute atomic E-state index is 0. The van der Waals surface area contributed by atoms with E-state index in [0.717, 1.165) is 5.75 Å². The summed E-state index contributed by atoms with van der Waals surface area (Å²) in [6.07, 6.45) is 0. The number of methoxy groups -OCH3 is 1. The van der Waals surface area contributed by atoms with Gasteiger partial charge >= 0.3 is 206 Å². The number of ether oxygens (including phenoxy) is 1. The second kappa shape index (κ2) is 58.0. The summed E-state index contributed by atoms with van der Waals surface area (Å²) in [5.74, 6) is 0.927. The van der Waals surface area contributed by atoms with E-state index >= 15 is 0 Å². The molecule has 2 aromatic carbocycles. The van der Waals surface area contributed by atoms with Crippen LogP contribution in [-0.2, 0) is 18.1 Å². The zero-order chi connectivity index (χ0) is 32.0. The molecule has 0 fully saturated rings. The van der Waals surface area contributed by atoms with E-state index in [2.05, 4.69) is 42.5 Å². The number of halogens is 7. The average molecular weight is 1450 g/mol. The van der Waals surface area contributed by atoms with Crippen LogP contribution in [0.3, 0.4) is 0 Å². The second-order valence-corrected chi connectivity index (χ2v) is 15.1. The topological polar surface area (TPSA) is 388 Å². The van der Waals surface area contributed by atoms with Gasteiger partial charge in [0.15, 0.2) is 7.14 Å². The zero-order valence-corrected chi connectivity index (χ0v) is 38.4. The standard InChI is InChI=1S/C13H12IO.6FH.18O.6Sb/c1-15-13-9-7-12(8-10-13)14-11-5-3-2-4-6-11;;;;;;;;;;;;;;;;;;;;;;;;;;;;;;/h2-10H,1H3;6*1H;;;;;;;;;;;;;;;;;;;;;;;;/q+1;;;;;;;;;;;;;12*-1;;;;;;. The van der Waals surface area contributed by atoms with E-state index in [1.54, 1.807) is 7.11 Å². The van der Waals surface area contributed by atoms with Crippen LogP contribution >= 0.6 is 0 Å². The zero-order valence-electron chi connectivity index (χ0n) is 21.0. The van der Waals surface area contributed by atoms with Crippen molar-refractivity contribution in [2.75, 3.05) is 7.11 Å². The molecule has 0 saturated heterocycles. The van der Waals surface area contributed by atoms with E-state index in [1.165, 1.54) is 7.14 Å². The molecule has 0 saturated carbocycles. The average Bonchev–Trinajstić information content (AvgIpc) is 2.73. The molecule has 0 aliphatic heterocycles. The fourth-order valence-electron chi connectivity index (χ4n) is 1.24. The molecule has 0 bridgehead atoms. The Hall–Kier alpha value is 1.78. The Morgan fingerprint density at radius 3 is 0.822 bits per heavy atom. The first kappa shape index (κ1) is 76.6. The first-order chi connectivity index (χ1) is 17.8. The third-order valence-corrected chi connectivity index (χ3v) is 4.68. The molecular weight excluding hydrogens is 1430 g/mol. The first-order valence-electron chi connectivity index (χ1n) is 8.01. The maximum atomic E-state index is 8.60. The van der Waals surface area contributed by atoms with Crippen LogP contribution in [0, 0.1) is 7.14 Å². The third-order valence-electron chi connectivity index (χ3n) is 2.00. The van der Waals surface area contributed by atoms with E-state index < -0.39 is 126 Å². The molecule has 32 heteroatoms. The van der Waals surface area contributed by atoms with Crippen LogP contribution in [0.1, 0.15) is 0 Å². The molecule has 274 valence electrons. The third kappa shape index (κ3) is 132. The van der Waals surface area contributed by atoms with Crippen LogP contribution in [0.5, 0.6) is 5.75 Å². The SMILES string of the molecule is COc1ccc([I+]c2ccccc2)cc1.F.F.F.F.F.F.[O]=[Sb]([O-])[O-].[O]=[Sb]([O-])[O-].[O]=[Sb]([O-])[O-].[O]=[Sb]([O-])[O-].[O]=[Sb]([O-])[O-].[O]=[Sb]([O-])[O-]. The van der Waals surface area contributed by atoms with Gasteiger partial charge in [-0.05, 0) is 36.4 Å². The van der Waals surface area contributed by atoms with Gasteiger partial charge in [-0.2, -0.15) is 0 Å². The summed E-state index contributed by atoms with van der Waals surface area (Å²) in [5.41, 5.74) is 0. The second-order valence-electron chi connectivity index (χ2n) is 4.39. The predicted molar refractivity (Wildman–Crippen MR) is 110 cm³/mol. The van der Waals surface area contributed by atoms with Crippen LogP contribution in [0.25, 0.3) is 0 Å². The number of hydrogen-bond acceptors (Lipinski definition) is 19. The van der Waals surface area contributed by atoms with Gasteiger partial charge in [-0.1, -0.05) is 18.2 Å². The van der Waals surface area contributed by atoms with Gasteiger partial charge in [0, 0.05) is 0 Å². The summed E-state index contributed by atoms with van der Waals surface area (Å²) < 4.78 is 163. The van der Waals surface area contributed by atoms with Crippen LogP contribution < -0.4 is 66.6 Å². The summed E-state index contributed by atoms with van der Waals surface area (Å²) in [7, 11) is 1.70. The molecular formula is C13H18F6IO19Sb6-11. The molecule has 0 N–H and O–H groups in total. The Morgan fingerprint density at radius 2 is 0.622 bits per heavy atom. The van der Waals surface area contributed by atoms with Crippen LogP contribution in [0.2, 0.25) is 0 Å². The molecule has 45 heavy (non-hydrogen) atoms. The number of rotatable bonds is 3. The summed E-state index contributed by atoms with van der Waals surface area (Å²) >= 11 is -25.2. The van der Waals surface area contributed by atoms with Crippen molar-refractivity contribution in [3.05, 3.63) is 61.7 Å². The Bertz CT molecular complexity index is 873. The molecule has 2 aromatic rings. The summed E-state index contributed by atoms with van der Waals surface area (Å²) in [6, 6.07) is 19.0. The van der Waals surface area contributed by atoms with Gasteiger partial charge in [-0.15, -0.1) is 0 Å². The Balaban J connectivity index is -0.0000000367. The molecule has 0 heterocycles. The van der Waals surface area contributed by atoms with Gasteiger partial charge in [0.1, 0.15) is 5.75 Å². The van der Waals surface area contributed by atoms with Gasteiger partial charge in [0.05, 0.1) is 7.11 Å². The fourth-order valence-corrected chi connectivity index (χ4v) is 3.45. The summed E-state index contributed by atoms with van der Waals surface area (Å²) in [4.78, 5) is 0. The van der Waals surface area contributed by atoms with Gasteiger partial charge in [-0.25, -0.2) is 0 Å². The predicted octanol–water partition coefficient (Wildman–Crippen LogP) is -16.5. The monoisotopic (exact) mass is 1440 g/mol. The molecule has 0 aromatic heterocycles. The minimum atomic E-state index is -4.20. The number of hydrogen-bond donors (Lipinski definition) is 0. The molecule has 19 nitrogen and oxygen atoms in total. The van der Waals surface area contributed by atoms with E-state index in [1.807, 2.05) is 12.1 Å². The fraction of sp³-hybridized carbons (Fsp3) is 0.0769. The van der Waals surface area contributed by atoms with Crippen molar-refractivity contribution in [2.24, 2.45) is 0 Å². The summed E-state index contributed by atoms with van der Waals surface area (Å²) in [6.45, 7) is 0. The van der Waals surface area contributed by atoms with Crippen molar-refractivity contribution in [1.29, 1.82) is 0 Å². The molecule has 2 rings (SSSR count). The van der Waals surface area contributed by atoms with Gasteiger partial charge in [0.25, 0.3) is 0 Å². The van der Waals surface area contributed by atoms with Crippen molar-refractivity contribution < 1.29 is 113 Å². The first-order valence-corrected chi connectivity index (χ1v) is 28.9. The maximum absolute atomic E-state index is 8.60. The van der Waals surface area contributed by atoms with E-state index in [0.29, 0.717) is 0 Å². The molecule has 0 spiro atoms. The summed E-state index contributed by atoms with van der Waals surface area (Å²) in [5, 5.41) is 0. The molecule has 0 amide bonds. The van der Waals surface area contributed by atoms with Crippen molar-refractivity contribution >= 4 is 126 Å². The van der Waals surface area contributed by atoms with Crippen LogP contribution in [0.4, 0.5) is 28.2 Å². The van der Waals surface area contributed by atoms with E-state index in [9.17, 15) is 0 Å². The quantitative estimate of drug-likeness (QED) is 0.156.